The van der Waals surface area contributed by atoms with Crippen molar-refractivity contribution in [1.82, 2.24) is 4.72 Å². The van der Waals surface area contributed by atoms with E-state index in [1.54, 1.807) is 0 Å². The second kappa shape index (κ2) is 12.8. The van der Waals surface area contributed by atoms with Crippen molar-refractivity contribution < 1.29 is 58.2 Å². The SMILES string of the molecule is CCC.Cc1ccc(C(C)CN[S-])cc1.[Rb+]. The Balaban J connectivity index is 0. The van der Waals surface area contributed by atoms with Crippen molar-refractivity contribution in [3.05, 3.63) is 35.4 Å². The van der Waals surface area contributed by atoms with Crippen LogP contribution in [0.1, 0.15) is 44.2 Å². The molecule has 1 unspecified atom stereocenters. The smallest absolute Gasteiger partial charge is 0.705 e. The summed E-state index contributed by atoms with van der Waals surface area (Å²) >= 11 is 4.70. The van der Waals surface area contributed by atoms with E-state index in [-0.39, 0.29) is 58.2 Å². The van der Waals surface area contributed by atoms with Gasteiger partial charge in [-0.25, -0.2) is 0 Å². The number of hydrogen-bond acceptors (Lipinski definition) is 2. The van der Waals surface area contributed by atoms with Crippen LogP contribution in [0, 0.1) is 6.92 Å². The molecule has 0 aromatic heterocycles. The van der Waals surface area contributed by atoms with Gasteiger partial charge in [-0.3, -0.25) is 0 Å². The third-order valence-corrected chi connectivity index (χ3v) is 2.20. The van der Waals surface area contributed by atoms with Gasteiger partial charge in [0.15, 0.2) is 0 Å². The average Bonchev–Trinajstić information content (AvgIpc) is 2.20. The summed E-state index contributed by atoms with van der Waals surface area (Å²) in [7, 11) is 0. The first-order chi connectivity index (χ1) is 7.15. The summed E-state index contributed by atoms with van der Waals surface area (Å²) in [4.78, 5) is 0. The number of rotatable bonds is 3. The minimum absolute atomic E-state index is 0. The molecule has 3 heteroatoms. The van der Waals surface area contributed by atoms with Gasteiger partial charge in [0.2, 0.25) is 0 Å². The maximum atomic E-state index is 4.70. The number of hydrogen-bond donors (Lipinski definition) is 1. The Morgan fingerprint density at radius 3 is 2.00 bits per heavy atom. The van der Waals surface area contributed by atoms with Crippen molar-refractivity contribution in [2.75, 3.05) is 6.54 Å². The van der Waals surface area contributed by atoms with Crippen LogP contribution in [0.4, 0.5) is 0 Å². The molecule has 0 amide bonds. The Bertz CT molecular complexity index is 249. The van der Waals surface area contributed by atoms with E-state index in [1.807, 2.05) is 0 Å². The van der Waals surface area contributed by atoms with Crippen molar-refractivity contribution >= 4 is 12.8 Å². The van der Waals surface area contributed by atoms with Gasteiger partial charge >= 0.3 is 58.2 Å². The van der Waals surface area contributed by atoms with Crippen LogP contribution in [0.3, 0.4) is 0 Å². The third kappa shape index (κ3) is 9.37. The Labute approximate surface area is 155 Å². The molecule has 1 rings (SSSR count). The van der Waals surface area contributed by atoms with Crippen molar-refractivity contribution in [3.63, 3.8) is 0 Å². The molecule has 0 heterocycles. The fraction of sp³-hybridized carbons (Fsp3) is 0.538. The Hall–Kier alpha value is 1.34. The van der Waals surface area contributed by atoms with Crippen LogP contribution < -0.4 is 62.9 Å². The minimum atomic E-state index is 0. The van der Waals surface area contributed by atoms with Gasteiger partial charge < -0.3 is 17.5 Å². The predicted octanol–water partition coefficient (Wildman–Crippen LogP) is 0.570. The van der Waals surface area contributed by atoms with E-state index in [0.29, 0.717) is 5.92 Å². The molecule has 1 N–H and O–H groups in total. The number of benzene rings is 1. The molecular formula is C13H22NRbS. The fourth-order valence-electron chi connectivity index (χ4n) is 1.14. The maximum Gasteiger partial charge on any atom is 1.00 e. The third-order valence-electron chi connectivity index (χ3n) is 2.04. The Morgan fingerprint density at radius 2 is 1.62 bits per heavy atom. The summed E-state index contributed by atoms with van der Waals surface area (Å²) < 4.78 is 2.76. The van der Waals surface area contributed by atoms with E-state index in [0.717, 1.165) is 6.54 Å². The van der Waals surface area contributed by atoms with Gasteiger partial charge in [-0.15, -0.1) is 0 Å². The van der Waals surface area contributed by atoms with E-state index in [4.69, 9.17) is 12.8 Å². The van der Waals surface area contributed by atoms with E-state index < -0.39 is 0 Å². The van der Waals surface area contributed by atoms with Gasteiger partial charge in [0, 0.05) is 0 Å². The van der Waals surface area contributed by atoms with Crippen LogP contribution in [0.5, 0.6) is 0 Å². The van der Waals surface area contributed by atoms with Crippen molar-refractivity contribution in [2.45, 2.75) is 40.0 Å². The summed E-state index contributed by atoms with van der Waals surface area (Å²) in [6.07, 6.45) is 1.25. The second-order valence-corrected chi connectivity index (χ2v) is 4.16. The van der Waals surface area contributed by atoms with Crippen LogP contribution in [0.15, 0.2) is 24.3 Å². The van der Waals surface area contributed by atoms with Gasteiger partial charge in [0.05, 0.1) is 0 Å². The van der Waals surface area contributed by atoms with Gasteiger partial charge in [-0.1, -0.05) is 57.0 Å². The van der Waals surface area contributed by atoms with Gasteiger partial charge in [-0.05, 0) is 24.9 Å². The second-order valence-electron chi connectivity index (χ2n) is 3.87. The molecule has 86 valence electrons. The van der Waals surface area contributed by atoms with Crippen LogP contribution in [-0.2, 0) is 12.8 Å². The molecule has 0 aliphatic carbocycles. The molecule has 0 spiro atoms. The molecule has 16 heavy (non-hydrogen) atoms. The molecule has 0 aliphatic rings. The molecular weight excluding hydrogens is 288 g/mol. The molecule has 0 fully saturated rings. The first-order valence-electron chi connectivity index (χ1n) is 5.57. The van der Waals surface area contributed by atoms with E-state index in [2.05, 4.69) is 56.7 Å². The Kier molecular flexibility index (Phi) is 15.7. The summed E-state index contributed by atoms with van der Waals surface area (Å²) in [5.41, 5.74) is 2.65. The van der Waals surface area contributed by atoms with Crippen molar-refractivity contribution in [3.8, 4) is 0 Å². The van der Waals surface area contributed by atoms with E-state index >= 15 is 0 Å². The minimum Gasteiger partial charge on any atom is -0.705 e. The topological polar surface area (TPSA) is 12.0 Å². The standard InChI is InChI=1S/C10H14NS.C3H8.Rb/c1-8-3-5-10(6-4-8)9(2)7-11-12;1-3-2;/h3-6,9,11H,7H2,1-2H3;3H2,1-2H3;/q-1;;+1. The predicted molar refractivity (Wildman–Crippen MR) is 70.9 cm³/mol. The van der Waals surface area contributed by atoms with Gasteiger partial charge in [0.1, 0.15) is 0 Å². The van der Waals surface area contributed by atoms with Gasteiger partial charge in [0.25, 0.3) is 0 Å². The summed E-state index contributed by atoms with van der Waals surface area (Å²) in [5.74, 6) is 0.503. The summed E-state index contributed by atoms with van der Waals surface area (Å²) in [6, 6.07) is 8.59. The molecule has 0 saturated heterocycles. The summed E-state index contributed by atoms with van der Waals surface area (Å²) in [6.45, 7) is 9.38. The monoisotopic (exact) mass is 309 g/mol. The van der Waals surface area contributed by atoms with Gasteiger partial charge in [-0.2, -0.15) is 0 Å². The first-order valence-corrected chi connectivity index (χ1v) is 5.98. The number of aryl methyl sites for hydroxylation is 1. The van der Waals surface area contributed by atoms with Crippen LogP contribution in [0.2, 0.25) is 0 Å². The largest absolute Gasteiger partial charge is 1.00 e. The fourth-order valence-corrected chi connectivity index (χ4v) is 1.39. The van der Waals surface area contributed by atoms with Crippen molar-refractivity contribution in [2.24, 2.45) is 0 Å². The number of nitrogens with one attached hydrogen (secondary N) is 1. The summed E-state index contributed by atoms with van der Waals surface area (Å²) in [5, 5.41) is 0. The Morgan fingerprint density at radius 1 is 1.19 bits per heavy atom. The molecule has 1 nitrogen and oxygen atoms in total. The van der Waals surface area contributed by atoms with Crippen LogP contribution in [0.25, 0.3) is 0 Å². The molecule has 0 radical (unpaired) electrons. The molecule has 0 bridgehead atoms. The zero-order chi connectivity index (χ0) is 11.7. The quantitative estimate of drug-likeness (QED) is 0.820. The molecule has 1 aromatic carbocycles. The average molecular weight is 310 g/mol. The van der Waals surface area contributed by atoms with Crippen molar-refractivity contribution in [1.29, 1.82) is 0 Å². The maximum absolute atomic E-state index is 4.70. The normalized spacial score (nSPS) is 10.8. The first kappa shape index (κ1) is 19.7. The zero-order valence-electron chi connectivity index (χ0n) is 11.2. The van der Waals surface area contributed by atoms with E-state index in [1.165, 1.54) is 17.5 Å². The molecule has 1 atom stereocenters. The van der Waals surface area contributed by atoms with E-state index in [9.17, 15) is 0 Å². The molecule has 0 aliphatic heterocycles. The molecule has 1 aromatic rings. The molecule has 0 saturated carbocycles. The van der Waals surface area contributed by atoms with Crippen LogP contribution >= 0.6 is 0 Å². The zero-order valence-corrected chi connectivity index (χ0v) is 16.9. The van der Waals surface area contributed by atoms with Crippen LogP contribution in [-0.4, -0.2) is 6.54 Å².